The molecule has 310 valence electrons. The van der Waals surface area contributed by atoms with E-state index in [-0.39, 0.29) is 19.1 Å². The van der Waals surface area contributed by atoms with Gasteiger partial charge in [-0.2, -0.15) is 10.5 Å². The maximum absolute atomic E-state index is 13.1. The Morgan fingerprint density at radius 2 is 1.61 bits per heavy atom. The zero-order chi connectivity index (χ0) is 42.7. The van der Waals surface area contributed by atoms with Crippen LogP contribution < -0.4 is 20.3 Å². The third kappa shape index (κ3) is 12.1. The molecule has 3 atom stereocenters. The SMILES string of the molecule is CCC(C)C(NC(=O)OC(C)(C)C)C(=O)NC(C)C(=O)OCCOc1ccc(-c2c(C#N)c(SCc3csc(-c4ccc(Cl)cc4)n3)nc(N3CCCC3)c2C#N)cc1. The lowest BCUT2D eigenvalue weighted by molar-refractivity contribution is -0.148. The van der Waals surface area contributed by atoms with Crippen molar-refractivity contribution in [2.45, 2.75) is 89.3 Å². The molecule has 1 saturated heterocycles. The summed E-state index contributed by atoms with van der Waals surface area (Å²) in [5.41, 5.74) is 2.88. The second kappa shape index (κ2) is 20.6. The number of alkyl carbamates (subject to hydrolysis) is 1. The van der Waals surface area contributed by atoms with Gasteiger partial charge in [0.2, 0.25) is 5.91 Å². The van der Waals surface area contributed by atoms with Crippen LogP contribution >= 0.6 is 34.7 Å². The van der Waals surface area contributed by atoms with Gasteiger partial charge in [-0.15, -0.1) is 11.3 Å². The minimum atomic E-state index is -0.986. The van der Waals surface area contributed by atoms with Crippen molar-refractivity contribution in [3.05, 3.63) is 75.8 Å². The van der Waals surface area contributed by atoms with E-state index in [1.165, 1.54) is 30.0 Å². The van der Waals surface area contributed by atoms with Crippen LogP contribution in [0.4, 0.5) is 10.6 Å². The summed E-state index contributed by atoms with van der Waals surface area (Å²) in [5.74, 6) is 0.103. The van der Waals surface area contributed by atoms with Crippen LogP contribution in [0.3, 0.4) is 0 Å². The highest BCUT2D eigenvalue weighted by molar-refractivity contribution is 7.98. The van der Waals surface area contributed by atoms with E-state index < -0.39 is 35.7 Å². The summed E-state index contributed by atoms with van der Waals surface area (Å²) in [6.45, 7) is 11.9. The Labute approximate surface area is 358 Å². The average Bonchev–Trinajstić information content (AvgIpc) is 3.93. The molecule has 0 bridgehead atoms. The number of hydrogen-bond donors (Lipinski definition) is 2. The Morgan fingerprint density at radius 1 is 0.949 bits per heavy atom. The molecule has 3 unspecified atom stereocenters. The molecule has 0 spiro atoms. The van der Waals surface area contributed by atoms with E-state index in [1.807, 2.05) is 43.5 Å². The van der Waals surface area contributed by atoms with Crippen molar-refractivity contribution in [2.75, 3.05) is 31.2 Å². The van der Waals surface area contributed by atoms with Crippen molar-refractivity contribution in [2.24, 2.45) is 5.92 Å². The van der Waals surface area contributed by atoms with Gasteiger partial charge in [-0.05, 0) is 76.3 Å². The number of esters is 1. The van der Waals surface area contributed by atoms with E-state index in [4.69, 9.17) is 35.8 Å². The lowest BCUT2D eigenvalue weighted by Crippen LogP contribution is -2.54. The standard InChI is InChI=1S/C43H48ClN7O6S2/c1-7-26(2)36(49-42(54)57-43(4,5)6)38(52)47-27(3)41(53)56-21-20-55-32-16-12-28(13-17-32)35-33(22-45)37(51-18-8-9-19-51)50-40(34(35)23-46)59-25-31-24-58-39(48-31)29-10-14-30(44)15-11-29/h10-17,24,26-27,36H,7-9,18-21,25H2,1-6H3,(H,47,52)(H,49,54). The van der Waals surface area contributed by atoms with E-state index in [2.05, 4.69) is 27.7 Å². The maximum atomic E-state index is 13.1. The summed E-state index contributed by atoms with van der Waals surface area (Å²) in [7, 11) is 0. The number of thioether (sulfide) groups is 1. The number of nitrogens with one attached hydrogen (secondary N) is 2. The molecule has 1 fully saturated rings. The number of thiazole rings is 1. The van der Waals surface area contributed by atoms with Crippen LogP contribution in [0.25, 0.3) is 21.7 Å². The number of aromatic nitrogens is 2. The van der Waals surface area contributed by atoms with Crippen molar-refractivity contribution in [3.63, 3.8) is 0 Å². The largest absolute Gasteiger partial charge is 0.490 e. The molecule has 0 aliphatic carbocycles. The van der Waals surface area contributed by atoms with Gasteiger partial charge < -0.3 is 29.7 Å². The number of rotatable bonds is 16. The summed E-state index contributed by atoms with van der Waals surface area (Å²) < 4.78 is 16.5. The van der Waals surface area contributed by atoms with Crippen molar-refractivity contribution in [1.29, 1.82) is 10.5 Å². The molecular weight excluding hydrogens is 810 g/mol. The van der Waals surface area contributed by atoms with E-state index >= 15 is 0 Å². The van der Waals surface area contributed by atoms with Crippen LogP contribution in [0.5, 0.6) is 5.75 Å². The number of nitriles is 2. The van der Waals surface area contributed by atoms with Crippen molar-refractivity contribution in [3.8, 4) is 39.6 Å². The van der Waals surface area contributed by atoms with Crippen LogP contribution in [0.1, 0.15) is 77.6 Å². The fraction of sp³-hybridized carbons (Fsp3) is 0.419. The molecule has 2 N–H and O–H groups in total. The molecule has 13 nitrogen and oxygen atoms in total. The number of pyridine rings is 1. The number of carbonyl (C=O) groups excluding carboxylic acids is 3. The molecular formula is C43H48ClN7O6S2. The predicted molar refractivity (Wildman–Crippen MR) is 229 cm³/mol. The minimum absolute atomic E-state index is 0.0276. The second-order valence-electron chi connectivity index (χ2n) is 15.0. The van der Waals surface area contributed by atoms with Crippen molar-refractivity contribution in [1.82, 2.24) is 20.6 Å². The van der Waals surface area contributed by atoms with Gasteiger partial charge in [0.25, 0.3) is 0 Å². The van der Waals surface area contributed by atoms with E-state index in [1.54, 1.807) is 45.0 Å². The molecule has 4 aromatic rings. The number of nitrogens with zero attached hydrogens (tertiary/aromatic N) is 5. The molecule has 2 aromatic heterocycles. The number of anilines is 1. The average molecular weight is 858 g/mol. The summed E-state index contributed by atoms with van der Waals surface area (Å²) in [6, 6.07) is 17.3. The highest BCUT2D eigenvalue weighted by Gasteiger charge is 2.31. The molecule has 16 heteroatoms. The molecule has 0 saturated carbocycles. The first kappa shape index (κ1) is 44.7. The van der Waals surface area contributed by atoms with Gasteiger partial charge in [-0.1, -0.05) is 67.9 Å². The Kier molecular flexibility index (Phi) is 15.6. The summed E-state index contributed by atoms with van der Waals surface area (Å²) >= 11 is 9.01. The van der Waals surface area contributed by atoms with Crippen molar-refractivity contribution >= 4 is 58.5 Å². The van der Waals surface area contributed by atoms with Gasteiger partial charge in [-0.25, -0.2) is 19.6 Å². The first-order chi connectivity index (χ1) is 28.2. The highest BCUT2D eigenvalue weighted by Crippen LogP contribution is 2.40. The van der Waals surface area contributed by atoms with Crippen LogP contribution in [0.2, 0.25) is 5.02 Å². The molecule has 2 amide bonds. The third-order valence-electron chi connectivity index (χ3n) is 9.39. The quantitative estimate of drug-likeness (QED) is 0.0624. The van der Waals surface area contributed by atoms with Gasteiger partial charge in [0.05, 0.1) is 11.3 Å². The smallest absolute Gasteiger partial charge is 0.408 e. The third-order valence-corrected chi connectivity index (χ3v) is 11.6. The molecule has 59 heavy (non-hydrogen) atoms. The first-order valence-electron chi connectivity index (χ1n) is 19.4. The lowest BCUT2D eigenvalue weighted by Gasteiger charge is -2.27. The van der Waals surface area contributed by atoms with E-state index in [9.17, 15) is 24.9 Å². The van der Waals surface area contributed by atoms with E-state index in [0.29, 0.717) is 56.0 Å². The van der Waals surface area contributed by atoms with Gasteiger partial charge in [0, 0.05) is 40.4 Å². The first-order valence-corrected chi connectivity index (χ1v) is 21.6. The normalized spacial score (nSPS) is 14.0. The highest BCUT2D eigenvalue weighted by atomic mass is 35.5. The molecule has 5 rings (SSSR count). The summed E-state index contributed by atoms with van der Waals surface area (Å²) in [6.07, 6.45) is 1.85. The second-order valence-corrected chi connectivity index (χ2v) is 17.3. The fourth-order valence-electron chi connectivity index (χ4n) is 6.20. The Morgan fingerprint density at radius 3 is 2.24 bits per heavy atom. The Hall–Kier alpha value is -5.35. The number of halogens is 1. The molecule has 3 heterocycles. The van der Waals surface area contributed by atoms with Gasteiger partial charge >= 0.3 is 12.1 Å². The Balaban J connectivity index is 1.23. The number of amides is 2. The maximum Gasteiger partial charge on any atom is 0.408 e. The number of ether oxygens (including phenoxy) is 3. The summed E-state index contributed by atoms with van der Waals surface area (Å²) in [4.78, 5) is 50.0. The monoisotopic (exact) mass is 857 g/mol. The predicted octanol–water partition coefficient (Wildman–Crippen LogP) is 8.53. The van der Waals surface area contributed by atoms with Gasteiger partial charge in [0.1, 0.15) is 70.2 Å². The van der Waals surface area contributed by atoms with E-state index in [0.717, 1.165) is 42.2 Å². The minimum Gasteiger partial charge on any atom is -0.490 e. The summed E-state index contributed by atoms with van der Waals surface area (Å²) in [5, 5.41) is 30.3. The zero-order valence-corrected chi connectivity index (χ0v) is 36.4. The fourth-order valence-corrected chi connectivity index (χ4v) is 8.13. The topological polar surface area (TPSA) is 180 Å². The van der Waals surface area contributed by atoms with Gasteiger partial charge in [-0.3, -0.25) is 4.79 Å². The van der Waals surface area contributed by atoms with Crippen molar-refractivity contribution < 1.29 is 28.6 Å². The number of benzene rings is 2. The lowest BCUT2D eigenvalue weighted by atomic mass is 9.96. The number of carbonyl (C=O) groups is 3. The zero-order valence-electron chi connectivity index (χ0n) is 34.0. The molecule has 1 aliphatic heterocycles. The molecule has 1 aliphatic rings. The van der Waals surface area contributed by atoms with Crippen LogP contribution in [0, 0.1) is 28.6 Å². The number of hydrogen-bond acceptors (Lipinski definition) is 13. The Bertz CT molecular complexity index is 2190. The van der Waals surface area contributed by atoms with Crippen LogP contribution in [-0.4, -0.2) is 71.9 Å². The van der Waals surface area contributed by atoms with Gasteiger partial charge in [0.15, 0.2) is 0 Å². The van der Waals surface area contributed by atoms with Crippen LogP contribution in [-0.2, 0) is 24.8 Å². The molecule has 0 radical (unpaired) electrons. The molecule has 2 aromatic carbocycles. The van der Waals surface area contributed by atoms with Crippen LogP contribution in [0.15, 0.2) is 58.9 Å².